The topological polar surface area (TPSA) is 16.4 Å². The Morgan fingerprint density at radius 2 is 0.849 bits per heavy atom. The summed E-state index contributed by atoms with van der Waals surface area (Å²) >= 11 is 0. The standard InChI is InChI=1S/C71H45NO/c1-4-19-46(20-5-1)47-35-38-52(39-36-47)72(53-40-42-61-60-31-16-17-32-64(60)71(65(61)45-53,50-22-6-2-7-23-50)51-24-8-3-9-25-51)66-33-18-34-67-69(66)63-43-48-21-10-11-26-54(48)68(70(63)73-67)49-37-41-59-57-29-13-12-27-55(57)56-28-14-15-30-58(56)62(59)44-49/h1-45H. The Morgan fingerprint density at radius 3 is 1.55 bits per heavy atom. The maximum atomic E-state index is 7.29. The number of hydrogen-bond acceptors (Lipinski definition) is 2. The Bertz CT molecular complexity index is 4400. The van der Waals surface area contributed by atoms with Crippen LogP contribution < -0.4 is 4.90 Å². The molecule has 0 N–H and O–H groups in total. The van der Waals surface area contributed by atoms with Crippen LogP contribution in [0.2, 0.25) is 0 Å². The molecule has 2 heteroatoms. The first-order valence-electron chi connectivity index (χ1n) is 25.2. The van der Waals surface area contributed by atoms with Crippen LogP contribution >= 0.6 is 0 Å². The van der Waals surface area contributed by atoms with Gasteiger partial charge in [-0.3, -0.25) is 0 Å². The van der Waals surface area contributed by atoms with E-state index < -0.39 is 5.41 Å². The molecule has 0 saturated carbocycles. The van der Waals surface area contributed by atoms with E-state index in [4.69, 9.17) is 4.42 Å². The van der Waals surface area contributed by atoms with Crippen LogP contribution in [-0.2, 0) is 5.41 Å². The van der Waals surface area contributed by atoms with Gasteiger partial charge in [-0.05, 0) is 142 Å². The van der Waals surface area contributed by atoms with Crippen LogP contribution in [0, 0.1) is 0 Å². The Morgan fingerprint density at radius 1 is 0.315 bits per heavy atom. The van der Waals surface area contributed by atoms with Gasteiger partial charge in [-0.1, -0.05) is 224 Å². The molecule has 73 heavy (non-hydrogen) atoms. The zero-order valence-corrected chi connectivity index (χ0v) is 39.8. The molecule has 0 aliphatic heterocycles. The lowest BCUT2D eigenvalue weighted by molar-refractivity contribution is 0.670. The molecule has 0 unspecified atom stereocenters. The summed E-state index contributed by atoms with van der Waals surface area (Å²) in [5.41, 5.74) is 16.4. The van der Waals surface area contributed by atoms with Crippen LogP contribution in [0.4, 0.5) is 17.1 Å². The first-order chi connectivity index (χ1) is 36.2. The van der Waals surface area contributed by atoms with Gasteiger partial charge in [-0.15, -0.1) is 0 Å². The molecule has 2 nitrogen and oxygen atoms in total. The highest BCUT2D eigenvalue weighted by Crippen LogP contribution is 2.58. The average Bonchev–Trinajstić information content (AvgIpc) is 4.03. The minimum Gasteiger partial charge on any atom is -0.455 e. The molecule has 0 bridgehead atoms. The monoisotopic (exact) mass is 927 g/mol. The van der Waals surface area contributed by atoms with Crippen molar-refractivity contribution in [3.8, 4) is 33.4 Å². The summed E-state index contributed by atoms with van der Waals surface area (Å²) in [6, 6.07) is 100. The Labute approximate surface area is 423 Å². The highest BCUT2D eigenvalue weighted by Gasteiger charge is 2.46. The second kappa shape index (κ2) is 16.3. The number of furan rings is 1. The third-order valence-electron chi connectivity index (χ3n) is 15.7. The third-order valence-corrected chi connectivity index (χ3v) is 15.7. The van der Waals surface area contributed by atoms with Gasteiger partial charge in [0, 0.05) is 22.3 Å². The quantitative estimate of drug-likeness (QED) is 0.148. The molecule has 1 aliphatic rings. The van der Waals surface area contributed by atoms with Crippen molar-refractivity contribution in [3.63, 3.8) is 0 Å². The zero-order chi connectivity index (χ0) is 48.0. The van der Waals surface area contributed by atoms with Crippen LogP contribution in [0.3, 0.4) is 0 Å². The fourth-order valence-electron chi connectivity index (χ4n) is 12.6. The van der Waals surface area contributed by atoms with E-state index in [1.165, 1.54) is 76.8 Å². The summed E-state index contributed by atoms with van der Waals surface area (Å²) < 4.78 is 7.29. The van der Waals surface area contributed by atoms with E-state index in [1.54, 1.807) is 0 Å². The van der Waals surface area contributed by atoms with Crippen molar-refractivity contribution >= 4 is 82.1 Å². The summed E-state index contributed by atoms with van der Waals surface area (Å²) in [5.74, 6) is 0. The van der Waals surface area contributed by atoms with Gasteiger partial charge < -0.3 is 9.32 Å². The maximum absolute atomic E-state index is 7.29. The summed E-state index contributed by atoms with van der Waals surface area (Å²) in [6.45, 7) is 0. The lowest BCUT2D eigenvalue weighted by atomic mass is 9.67. The highest BCUT2D eigenvalue weighted by atomic mass is 16.3. The van der Waals surface area contributed by atoms with Crippen LogP contribution in [0.5, 0.6) is 0 Å². The van der Waals surface area contributed by atoms with E-state index in [9.17, 15) is 0 Å². The van der Waals surface area contributed by atoms with E-state index >= 15 is 0 Å². The van der Waals surface area contributed by atoms with E-state index in [-0.39, 0.29) is 0 Å². The molecule has 0 spiro atoms. The molecule has 0 radical (unpaired) electrons. The lowest BCUT2D eigenvalue weighted by Crippen LogP contribution is -2.28. The summed E-state index contributed by atoms with van der Waals surface area (Å²) in [7, 11) is 0. The number of hydrogen-bond donors (Lipinski definition) is 0. The number of fused-ring (bicyclic) bond motifs is 13. The number of nitrogens with zero attached hydrogens (tertiary/aromatic N) is 1. The molecule has 0 amide bonds. The van der Waals surface area contributed by atoms with Crippen LogP contribution in [0.15, 0.2) is 277 Å². The van der Waals surface area contributed by atoms with Gasteiger partial charge in [-0.2, -0.15) is 0 Å². The van der Waals surface area contributed by atoms with Gasteiger partial charge in [0.1, 0.15) is 11.2 Å². The SMILES string of the molecule is c1ccc(-c2ccc(N(c3ccc4c(c3)C(c3ccccc3)(c3ccccc3)c3ccccc3-4)c3cccc4oc5c(-c6ccc7c8ccccc8c8ccccc8c7c6)c6ccccc6cc5c34)cc2)cc1. The van der Waals surface area contributed by atoms with Gasteiger partial charge in [0.25, 0.3) is 0 Å². The molecule has 14 aromatic rings. The maximum Gasteiger partial charge on any atom is 0.143 e. The summed E-state index contributed by atoms with van der Waals surface area (Å²) in [4.78, 5) is 2.46. The first-order valence-corrected chi connectivity index (χ1v) is 25.2. The predicted molar refractivity (Wildman–Crippen MR) is 307 cm³/mol. The van der Waals surface area contributed by atoms with E-state index in [0.29, 0.717) is 0 Å². The number of rotatable bonds is 7. The number of benzene rings is 13. The Kier molecular flexibility index (Phi) is 9.21. The van der Waals surface area contributed by atoms with Gasteiger partial charge in [0.05, 0.1) is 16.5 Å². The summed E-state index contributed by atoms with van der Waals surface area (Å²) in [6.07, 6.45) is 0. The molecule has 13 aromatic carbocycles. The smallest absolute Gasteiger partial charge is 0.143 e. The minimum absolute atomic E-state index is 0.563. The minimum atomic E-state index is -0.563. The van der Waals surface area contributed by atoms with Crippen molar-refractivity contribution < 1.29 is 4.42 Å². The molecule has 0 atom stereocenters. The van der Waals surface area contributed by atoms with Crippen LogP contribution in [0.1, 0.15) is 22.3 Å². The predicted octanol–water partition coefficient (Wildman–Crippen LogP) is 19.4. The van der Waals surface area contributed by atoms with E-state index in [1.807, 2.05) is 0 Å². The fourth-order valence-corrected chi connectivity index (χ4v) is 12.6. The molecule has 1 heterocycles. The van der Waals surface area contributed by atoms with Crippen LogP contribution in [0.25, 0.3) is 98.4 Å². The molecule has 1 aliphatic carbocycles. The van der Waals surface area contributed by atoms with Gasteiger partial charge >= 0.3 is 0 Å². The first kappa shape index (κ1) is 41.3. The molecular weight excluding hydrogens is 883 g/mol. The normalized spacial score (nSPS) is 12.8. The molecule has 0 saturated heterocycles. The van der Waals surface area contributed by atoms with Gasteiger partial charge in [0.15, 0.2) is 0 Å². The highest BCUT2D eigenvalue weighted by molar-refractivity contribution is 6.27. The second-order valence-electron chi connectivity index (χ2n) is 19.5. The molecule has 340 valence electrons. The van der Waals surface area contributed by atoms with E-state index in [0.717, 1.165) is 60.9 Å². The largest absolute Gasteiger partial charge is 0.455 e. The van der Waals surface area contributed by atoms with Gasteiger partial charge in [0.2, 0.25) is 0 Å². The van der Waals surface area contributed by atoms with Crippen molar-refractivity contribution in [2.45, 2.75) is 5.41 Å². The van der Waals surface area contributed by atoms with E-state index in [2.05, 4.69) is 278 Å². The average molecular weight is 928 g/mol. The van der Waals surface area contributed by atoms with Crippen molar-refractivity contribution in [2.24, 2.45) is 0 Å². The molecule has 0 fully saturated rings. The van der Waals surface area contributed by atoms with Crippen molar-refractivity contribution in [1.82, 2.24) is 0 Å². The number of anilines is 3. The second-order valence-corrected chi connectivity index (χ2v) is 19.5. The van der Waals surface area contributed by atoms with Crippen molar-refractivity contribution in [1.29, 1.82) is 0 Å². The molecule has 1 aromatic heterocycles. The summed E-state index contributed by atoms with van der Waals surface area (Å²) in [5, 5.41) is 12.0. The third kappa shape index (κ3) is 6.17. The van der Waals surface area contributed by atoms with Crippen molar-refractivity contribution in [3.05, 3.63) is 295 Å². The Balaban J connectivity index is 1.00. The Hall–Kier alpha value is -9.50. The van der Waals surface area contributed by atoms with Crippen LogP contribution in [-0.4, -0.2) is 0 Å². The molecular formula is C71H45NO. The lowest BCUT2D eigenvalue weighted by Gasteiger charge is -2.35. The van der Waals surface area contributed by atoms with Gasteiger partial charge in [-0.25, -0.2) is 0 Å². The fraction of sp³-hybridized carbons (Fsp3) is 0.0141. The van der Waals surface area contributed by atoms with Crippen molar-refractivity contribution in [2.75, 3.05) is 4.90 Å². The molecule has 15 rings (SSSR count). The zero-order valence-electron chi connectivity index (χ0n) is 39.8.